The van der Waals surface area contributed by atoms with Crippen LogP contribution in [0, 0.1) is 0 Å². The lowest BCUT2D eigenvalue weighted by Crippen LogP contribution is -2.27. The van der Waals surface area contributed by atoms with Gasteiger partial charge in [-0.2, -0.15) is 5.10 Å². The summed E-state index contributed by atoms with van der Waals surface area (Å²) in [5.41, 5.74) is 1.29. The van der Waals surface area contributed by atoms with E-state index in [1.54, 1.807) is 46.9 Å². The Kier molecular flexibility index (Phi) is 6.74. The Hall–Kier alpha value is -2.32. The number of amides is 1. The second kappa shape index (κ2) is 9.25. The standard InChI is InChI=1S/C19H23ClN6OS/c1-4-28-19-24-16(23-12(2)3)15-11-22-26(17(15)25-19)9-8-21-18(27)13-6-5-7-14(20)10-13/h5-7,10-12H,4,8-9H2,1-3H3,(H,21,27)(H,23,24,25). The highest BCUT2D eigenvalue weighted by molar-refractivity contribution is 7.99. The number of aromatic nitrogens is 4. The largest absolute Gasteiger partial charge is 0.367 e. The number of halogens is 1. The molecule has 0 aliphatic heterocycles. The van der Waals surface area contributed by atoms with Crippen molar-refractivity contribution in [2.24, 2.45) is 0 Å². The molecule has 0 aliphatic carbocycles. The summed E-state index contributed by atoms with van der Waals surface area (Å²) in [4.78, 5) is 21.5. The van der Waals surface area contributed by atoms with E-state index in [-0.39, 0.29) is 11.9 Å². The van der Waals surface area contributed by atoms with Gasteiger partial charge < -0.3 is 10.6 Å². The Morgan fingerprint density at radius 1 is 1.32 bits per heavy atom. The van der Waals surface area contributed by atoms with Crippen LogP contribution in [0.2, 0.25) is 5.02 Å². The first-order valence-electron chi connectivity index (χ1n) is 9.14. The van der Waals surface area contributed by atoms with Gasteiger partial charge >= 0.3 is 0 Å². The zero-order chi connectivity index (χ0) is 20.1. The van der Waals surface area contributed by atoms with Crippen molar-refractivity contribution in [2.75, 3.05) is 17.6 Å². The summed E-state index contributed by atoms with van der Waals surface area (Å²) in [6, 6.07) is 7.12. The Morgan fingerprint density at radius 3 is 2.86 bits per heavy atom. The number of benzene rings is 1. The fraction of sp³-hybridized carbons (Fsp3) is 0.368. The van der Waals surface area contributed by atoms with Gasteiger partial charge in [-0.15, -0.1) is 0 Å². The molecule has 0 spiro atoms. The van der Waals surface area contributed by atoms with Crippen molar-refractivity contribution >= 4 is 46.1 Å². The van der Waals surface area contributed by atoms with Crippen molar-refractivity contribution in [3.8, 4) is 0 Å². The molecule has 0 unspecified atom stereocenters. The number of carbonyl (C=O) groups excluding carboxylic acids is 1. The van der Waals surface area contributed by atoms with Gasteiger partial charge in [-0.05, 0) is 37.8 Å². The van der Waals surface area contributed by atoms with Crippen LogP contribution < -0.4 is 10.6 Å². The van der Waals surface area contributed by atoms with E-state index < -0.39 is 0 Å². The van der Waals surface area contributed by atoms with Gasteiger partial charge in [0.25, 0.3) is 5.91 Å². The summed E-state index contributed by atoms with van der Waals surface area (Å²) in [5.74, 6) is 1.50. The topological polar surface area (TPSA) is 84.7 Å². The van der Waals surface area contributed by atoms with Crippen molar-refractivity contribution in [1.82, 2.24) is 25.1 Å². The first-order chi connectivity index (χ1) is 13.5. The number of hydrogen-bond donors (Lipinski definition) is 2. The van der Waals surface area contributed by atoms with Gasteiger partial charge in [0, 0.05) is 23.2 Å². The summed E-state index contributed by atoms with van der Waals surface area (Å²) in [7, 11) is 0. The minimum absolute atomic E-state index is 0.169. The lowest BCUT2D eigenvalue weighted by atomic mass is 10.2. The van der Waals surface area contributed by atoms with Crippen molar-refractivity contribution < 1.29 is 4.79 Å². The van der Waals surface area contributed by atoms with Crippen LogP contribution >= 0.6 is 23.4 Å². The summed E-state index contributed by atoms with van der Waals surface area (Å²) >= 11 is 7.53. The normalized spacial score (nSPS) is 11.2. The van der Waals surface area contributed by atoms with Crippen LogP contribution in [0.1, 0.15) is 31.1 Å². The van der Waals surface area contributed by atoms with Crippen LogP contribution in [-0.4, -0.2) is 44.0 Å². The highest BCUT2D eigenvalue weighted by Gasteiger charge is 2.14. The maximum atomic E-state index is 12.3. The molecule has 7 nitrogen and oxygen atoms in total. The number of fused-ring (bicyclic) bond motifs is 1. The highest BCUT2D eigenvalue weighted by Crippen LogP contribution is 2.24. The van der Waals surface area contributed by atoms with Gasteiger partial charge in [0.15, 0.2) is 10.8 Å². The van der Waals surface area contributed by atoms with Crippen LogP contribution in [-0.2, 0) is 6.54 Å². The number of nitrogens with zero attached hydrogens (tertiary/aromatic N) is 4. The van der Waals surface area contributed by atoms with Gasteiger partial charge in [0.2, 0.25) is 0 Å². The number of hydrogen-bond acceptors (Lipinski definition) is 6. The smallest absolute Gasteiger partial charge is 0.251 e. The van der Waals surface area contributed by atoms with Crippen LogP contribution in [0.5, 0.6) is 0 Å². The van der Waals surface area contributed by atoms with E-state index in [2.05, 4.69) is 46.5 Å². The van der Waals surface area contributed by atoms with Crippen LogP contribution in [0.25, 0.3) is 11.0 Å². The molecule has 2 aromatic heterocycles. The predicted octanol–water partition coefficient (Wildman–Crippen LogP) is 3.84. The summed E-state index contributed by atoms with van der Waals surface area (Å²) in [6.07, 6.45) is 1.76. The number of thioether (sulfide) groups is 1. The molecule has 3 rings (SSSR count). The molecular weight excluding hydrogens is 396 g/mol. The minimum atomic E-state index is -0.169. The van der Waals surface area contributed by atoms with E-state index >= 15 is 0 Å². The number of carbonyl (C=O) groups is 1. The van der Waals surface area contributed by atoms with Gasteiger partial charge in [-0.1, -0.05) is 36.4 Å². The van der Waals surface area contributed by atoms with E-state index in [0.717, 1.165) is 22.6 Å². The molecule has 0 saturated carbocycles. The molecule has 148 valence electrons. The molecule has 0 aliphatic rings. The predicted molar refractivity (Wildman–Crippen MR) is 114 cm³/mol. The van der Waals surface area contributed by atoms with E-state index in [9.17, 15) is 4.79 Å². The monoisotopic (exact) mass is 418 g/mol. The Bertz CT molecular complexity index is 974. The number of anilines is 1. The first kappa shape index (κ1) is 20.4. The zero-order valence-electron chi connectivity index (χ0n) is 16.1. The Labute approximate surface area is 173 Å². The SMILES string of the molecule is CCSc1nc(NC(C)C)c2cnn(CCNC(=O)c3cccc(Cl)c3)c2n1. The molecule has 0 radical (unpaired) electrons. The Morgan fingerprint density at radius 2 is 2.14 bits per heavy atom. The molecule has 0 fully saturated rings. The molecule has 28 heavy (non-hydrogen) atoms. The van der Waals surface area contributed by atoms with Gasteiger partial charge in [-0.3, -0.25) is 4.79 Å². The zero-order valence-corrected chi connectivity index (χ0v) is 17.6. The molecule has 0 saturated heterocycles. The third-order valence-electron chi connectivity index (χ3n) is 3.87. The van der Waals surface area contributed by atoms with Gasteiger partial charge in [0.05, 0.1) is 18.1 Å². The van der Waals surface area contributed by atoms with Gasteiger partial charge in [0.1, 0.15) is 5.82 Å². The first-order valence-corrected chi connectivity index (χ1v) is 10.5. The second-order valence-electron chi connectivity index (χ2n) is 6.46. The highest BCUT2D eigenvalue weighted by atomic mass is 35.5. The van der Waals surface area contributed by atoms with E-state index in [1.165, 1.54) is 0 Å². The average molecular weight is 419 g/mol. The van der Waals surface area contributed by atoms with Crippen molar-refractivity contribution in [3.63, 3.8) is 0 Å². The lowest BCUT2D eigenvalue weighted by Gasteiger charge is -2.11. The van der Waals surface area contributed by atoms with Gasteiger partial charge in [-0.25, -0.2) is 14.6 Å². The summed E-state index contributed by atoms with van der Waals surface area (Å²) in [6.45, 7) is 7.13. The molecule has 0 atom stereocenters. The Balaban J connectivity index is 1.75. The molecule has 9 heteroatoms. The molecule has 2 N–H and O–H groups in total. The van der Waals surface area contributed by atoms with Crippen LogP contribution in [0.15, 0.2) is 35.6 Å². The van der Waals surface area contributed by atoms with Crippen LogP contribution in [0.4, 0.5) is 5.82 Å². The third kappa shape index (κ3) is 4.94. The fourth-order valence-electron chi connectivity index (χ4n) is 2.68. The molecule has 1 amide bonds. The summed E-state index contributed by atoms with van der Waals surface area (Å²) < 4.78 is 1.79. The average Bonchev–Trinajstić information content (AvgIpc) is 3.05. The van der Waals surface area contributed by atoms with Crippen molar-refractivity contribution in [1.29, 1.82) is 0 Å². The maximum absolute atomic E-state index is 12.3. The number of rotatable bonds is 8. The quantitative estimate of drug-likeness (QED) is 0.427. The minimum Gasteiger partial charge on any atom is -0.367 e. The molecule has 1 aromatic carbocycles. The third-order valence-corrected chi connectivity index (χ3v) is 4.84. The molecule has 3 aromatic rings. The van der Waals surface area contributed by atoms with Crippen LogP contribution in [0.3, 0.4) is 0 Å². The molecular formula is C19H23ClN6OS. The van der Waals surface area contributed by atoms with E-state index in [1.807, 2.05) is 0 Å². The number of nitrogens with one attached hydrogen (secondary N) is 2. The van der Waals surface area contributed by atoms with Crippen molar-refractivity contribution in [2.45, 2.75) is 38.5 Å². The molecule has 0 bridgehead atoms. The van der Waals surface area contributed by atoms with Crippen molar-refractivity contribution in [3.05, 3.63) is 41.0 Å². The fourth-order valence-corrected chi connectivity index (χ4v) is 3.44. The maximum Gasteiger partial charge on any atom is 0.251 e. The molecule has 2 heterocycles. The van der Waals surface area contributed by atoms with E-state index in [0.29, 0.717) is 28.8 Å². The van der Waals surface area contributed by atoms with E-state index in [4.69, 9.17) is 11.6 Å². The second-order valence-corrected chi connectivity index (χ2v) is 8.13. The lowest BCUT2D eigenvalue weighted by molar-refractivity contribution is 0.0952. The summed E-state index contributed by atoms with van der Waals surface area (Å²) in [5, 5.41) is 12.8.